The van der Waals surface area contributed by atoms with Gasteiger partial charge in [0.25, 0.3) is 5.91 Å². The van der Waals surface area contributed by atoms with E-state index in [-0.39, 0.29) is 5.91 Å². The van der Waals surface area contributed by atoms with Crippen LogP contribution in [0.1, 0.15) is 40.7 Å². The monoisotopic (exact) mass is 323 g/mol. The van der Waals surface area contributed by atoms with E-state index in [0.717, 1.165) is 24.9 Å². The van der Waals surface area contributed by atoms with Gasteiger partial charge in [-0.3, -0.25) is 4.79 Å². The average Bonchev–Trinajstić information content (AvgIpc) is 2.86. The second kappa shape index (κ2) is 6.56. The number of carbonyl (C=O) groups excluding carboxylic acids is 1. The molecule has 0 radical (unpaired) electrons. The highest BCUT2D eigenvalue weighted by Crippen LogP contribution is 2.32. The van der Waals surface area contributed by atoms with E-state index in [4.69, 9.17) is 9.47 Å². The minimum absolute atomic E-state index is 0.107. The van der Waals surface area contributed by atoms with Gasteiger partial charge in [0.15, 0.2) is 11.5 Å². The summed E-state index contributed by atoms with van der Waals surface area (Å²) in [7, 11) is 0. The summed E-state index contributed by atoms with van der Waals surface area (Å²) in [6.07, 6.45) is 5.40. The van der Waals surface area contributed by atoms with Gasteiger partial charge in [-0.2, -0.15) is 0 Å². The van der Waals surface area contributed by atoms with Gasteiger partial charge in [-0.05, 0) is 61.1 Å². The molecule has 2 aromatic carbocycles. The average molecular weight is 323 g/mol. The van der Waals surface area contributed by atoms with E-state index in [1.165, 1.54) is 24.0 Å². The van der Waals surface area contributed by atoms with Crippen LogP contribution in [0.25, 0.3) is 0 Å². The normalized spacial score (nSPS) is 16.0. The van der Waals surface area contributed by atoms with Crippen LogP contribution in [0.5, 0.6) is 11.5 Å². The maximum atomic E-state index is 12.7. The molecule has 0 unspecified atom stereocenters. The molecular formula is C20H21NO3. The van der Waals surface area contributed by atoms with Gasteiger partial charge in [0.1, 0.15) is 0 Å². The number of hydrogen-bond donors (Lipinski definition) is 1. The van der Waals surface area contributed by atoms with E-state index >= 15 is 0 Å². The van der Waals surface area contributed by atoms with E-state index in [9.17, 15) is 4.79 Å². The highest BCUT2D eigenvalue weighted by atomic mass is 16.5. The van der Waals surface area contributed by atoms with Gasteiger partial charge >= 0.3 is 0 Å². The summed E-state index contributed by atoms with van der Waals surface area (Å²) in [4.78, 5) is 12.7. The first-order valence-corrected chi connectivity index (χ1v) is 8.63. The molecule has 0 bridgehead atoms. The summed E-state index contributed by atoms with van der Waals surface area (Å²) in [6, 6.07) is 11.6. The maximum absolute atomic E-state index is 12.7. The SMILES string of the molecule is O=C(Nc1cccc2c1CCCC2)c1ccc2c(c1)OCCCO2. The summed E-state index contributed by atoms with van der Waals surface area (Å²) in [5.41, 5.74) is 4.17. The first kappa shape index (κ1) is 15.1. The standard InChI is InChI=1S/C20H21NO3/c22-20(15-9-10-18-19(13-15)24-12-4-11-23-18)21-17-8-3-6-14-5-1-2-7-16(14)17/h3,6,8-10,13H,1-2,4-5,7,11-12H2,(H,21,22). The topological polar surface area (TPSA) is 47.6 Å². The Morgan fingerprint density at radius 2 is 1.75 bits per heavy atom. The number of fused-ring (bicyclic) bond motifs is 2. The molecule has 2 aromatic rings. The van der Waals surface area contributed by atoms with E-state index in [1.54, 1.807) is 12.1 Å². The third kappa shape index (κ3) is 2.96. The Hall–Kier alpha value is -2.49. The van der Waals surface area contributed by atoms with Crippen molar-refractivity contribution < 1.29 is 14.3 Å². The third-order valence-electron chi connectivity index (χ3n) is 4.65. The Morgan fingerprint density at radius 1 is 0.917 bits per heavy atom. The number of ether oxygens (including phenoxy) is 2. The Kier molecular flexibility index (Phi) is 4.11. The number of aryl methyl sites for hydroxylation is 1. The first-order valence-electron chi connectivity index (χ1n) is 8.63. The lowest BCUT2D eigenvalue weighted by molar-refractivity contribution is 0.102. The molecule has 4 nitrogen and oxygen atoms in total. The molecular weight excluding hydrogens is 302 g/mol. The maximum Gasteiger partial charge on any atom is 0.255 e. The van der Waals surface area contributed by atoms with E-state index in [0.29, 0.717) is 30.3 Å². The second-order valence-electron chi connectivity index (χ2n) is 6.32. The minimum Gasteiger partial charge on any atom is -0.490 e. The van der Waals surface area contributed by atoms with Crippen molar-refractivity contribution in [3.63, 3.8) is 0 Å². The molecule has 0 saturated heterocycles. The molecule has 0 atom stereocenters. The van der Waals surface area contributed by atoms with Crippen molar-refractivity contribution in [2.75, 3.05) is 18.5 Å². The smallest absolute Gasteiger partial charge is 0.255 e. The number of amides is 1. The van der Waals surface area contributed by atoms with Gasteiger partial charge in [-0.1, -0.05) is 12.1 Å². The highest BCUT2D eigenvalue weighted by molar-refractivity contribution is 6.05. The van der Waals surface area contributed by atoms with Gasteiger partial charge in [0.05, 0.1) is 13.2 Å². The lowest BCUT2D eigenvalue weighted by atomic mass is 9.90. The molecule has 1 heterocycles. The van der Waals surface area contributed by atoms with Crippen LogP contribution in [0.4, 0.5) is 5.69 Å². The Bertz CT molecular complexity index is 769. The van der Waals surface area contributed by atoms with Crippen LogP contribution >= 0.6 is 0 Å². The van der Waals surface area contributed by atoms with Gasteiger partial charge in [-0.15, -0.1) is 0 Å². The molecule has 1 aliphatic heterocycles. The largest absolute Gasteiger partial charge is 0.490 e. The summed E-state index contributed by atoms with van der Waals surface area (Å²) in [5, 5.41) is 3.07. The summed E-state index contributed by atoms with van der Waals surface area (Å²) in [5.74, 6) is 1.25. The van der Waals surface area contributed by atoms with Crippen molar-refractivity contribution in [1.82, 2.24) is 0 Å². The number of hydrogen-bond acceptors (Lipinski definition) is 3. The second-order valence-corrected chi connectivity index (χ2v) is 6.32. The fraction of sp³-hybridized carbons (Fsp3) is 0.350. The summed E-state index contributed by atoms with van der Waals surface area (Å²) < 4.78 is 11.3. The molecule has 0 fully saturated rings. The number of benzene rings is 2. The van der Waals surface area contributed by atoms with Crippen molar-refractivity contribution in [1.29, 1.82) is 0 Å². The van der Waals surface area contributed by atoms with Crippen LogP contribution < -0.4 is 14.8 Å². The molecule has 0 spiro atoms. The quantitative estimate of drug-likeness (QED) is 0.909. The molecule has 4 rings (SSSR count). The molecule has 1 aliphatic carbocycles. The molecule has 4 heteroatoms. The van der Waals surface area contributed by atoms with Crippen molar-refractivity contribution in [2.24, 2.45) is 0 Å². The molecule has 2 aliphatic rings. The fourth-order valence-corrected chi connectivity index (χ4v) is 3.40. The minimum atomic E-state index is -0.107. The van der Waals surface area contributed by atoms with Gasteiger partial charge in [-0.25, -0.2) is 0 Å². The van der Waals surface area contributed by atoms with Crippen molar-refractivity contribution in [3.05, 3.63) is 53.1 Å². The molecule has 0 saturated carbocycles. The van der Waals surface area contributed by atoms with Crippen LogP contribution in [-0.2, 0) is 12.8 Å². The number of rotatable bonds is 2. The summed E-state index contributed by atoms with van der Waals surface area (Å²) >= 11 is 0. The number of nitrogens with one attached hydrogen (secondary N) is 1. The van der Waals surface area contributed by atoms with Crippen LogP contribution in [0.2, 0.25) is 0 Å². The van der Waals surface area contributed by atoms with Crippen molar-refractivity contribution >= 4 is 11.6 Å². The molecule has 0 aromatic heterocycles. The Balaban J connectivity index is 1.58. The predicted molar refractivity (Wildman–Crippen MR) is 93.1 cm³/mol. The van der Waals surface area contributed by atoms with E-state index in [2.05, 4.69) is 11.4 Å². The lowest BCUT2D eigenvalue weighted by Gasteiger charge is -2.19. The highest BCUT2D eigenvalue weighted by Gasteiger charge is 2.17. The van der Waals surface area contributed by atoms with Gasteiger partial charge in [0.2, 0.25) is 0 Å². The zero-order valence-corrected chi connectivity index (χ0v) is 13.6. The molecule has 1 amide bonds. The van der Waals surface area contributed by atoms with Crippen LogP contribution in [0, 0.1) is 0 Å². The van der Waals surface area contributed by atoms with Crippen molar-refractivity contribution in [2.45, 2.75) is 32.1 Å². The van der Waals surface area contributed by atoms with Gasteiger partial charge in [0, 0.05) is 17.7 Å². The van der Waals surface area contributed by atoms with Gasteiger partial charge < -0.3 is 14.8 Å². The van der Waals surface area contributed by atoms with Crippen LogP contribution in [0.15, 0.2) is 36.4 Å². The van der Waals surface area contributed by atoms with E-state index < -0.39 is 0 Å². The lowest BCUT2D eigenvalue weighted by Crippen LogP contribution is -2.15. The fourth-order valence-electron chi connectivity index (χ4n) is 3.40. The molecule has 1 N–H and O–H groups in total. The zero-order valence-electron chi connectivity index (χ0n) is 13.6. The Morgan fingerprint density at radius 3 is 2.67 bits per heavy atom. The van der Waals surface area contributed by atoms with Crippen LogP contribution in [0.3, 0.4) is 0 Å². The molecule has 124 valence electrons. The third-order valence-corrected chi connectivity index (χ3v) is 4.65. The number of anilines is 1. The van der Waals surface area contributed by atoms with E-state index in [1.807, 2.05) is 18.2 Å². The predicted octanol–water partition coefficient (Wildman–Crippen LogP) is 3.98. The van der Waals surface area contributed by atoms with Crippen molar-refractivity contribution in [3.8, 4) is 11.5 Å². The first-order chi connectivity index (χ1) is 11.8. The molecule has 24 heavy (non-hydrogen) atoms. The van der Waals surface area contributed by atoms with Crippen LogP contribution in [-0.4, -0.2) is 19.1 Å². The number of carbonyl (C=O) groups is 1. The zero-order chi connectivity index (χ0) is 16.4. The summed E-state index contributed by atoms with van der Waals surface area (Å²) in [6.45, 7) is 1.26. The Labute approximate surface area is 141 Å².